The molecule has 0 bridgehead atoms. The van der Waals surface area contributed by atoms with E-state index in [-0.39, 0.29) is 17.5 Å². The average molecular weight is 263 g/mol. The van der Waals surface area contributed by atoms with Crippen LogP contribution < -0.4 is 11.1 Å². The van der Waals surface area contributed by atoms with Gasteiger partial charge < -0.3 is 11.1 Å². The highest BCUT2D eigenvalue weighted by Gasteiger charge is 2.16. The summed E-state index contributed by atoms with van der Waals surface area (Å²) < 4.78 is 1.74. The largest absolute Gasteiger partial charge is 0.368 e. The maximum Gasteiger partial charge on any atom is 0.329 e. The van der Waals surface area contributed by atoms with Gasteiger partial charge >= 0.3 is 5.69 Å². The number of aromatic nitrogens is 4. The van der Waals surface area contributed by atoms with E-state index in [0.29, 0.717) is 13.0 Å². The summed E-state index contributed by atoms with van der Waals surface area (Å²) in [4.78, 5) is 17.7. The van der Waals surface area contributed by atoms with E-state index in [9.17, 15) is 10.1 Å². The van der Waals surface area contributed by atoms with Crippen LogP contribution in [0.5, 0.6) is 0 Å². The topological polar surface area (TPSA) is 125 Å². The van der Waals surface area contributed by atoms with Crippen molar-refractivity contribution in [1.29, 1.82) is 0 Å². The summed E-state index contributed by atoms with van der Waals surface area (Å²) in [7, 11) is 1.83. The minimum absolute atomic E-state index is 0.00590. The van der Waals surface area contributed by atoms with Crippen molar-refractivity contribution in [3.8, 4) is 0 Å². The van der Waals surface area contributed by atoms with E-state index in [1.165, 1.54) is 0 Å². The number of rotatable bonds is 5. The molecular formula is C10H13N7O2. The van der Waals surface area contributed by atoms with E-state index >= 15 is 0 Å². The number of aryl methyl sites for hydroxylation is 1. The molecule has 0 aromatic carbocycles. The zero-order valence-corrected chi connectivity index (χ0v) is 10.3. The smallest absolute Gasteiger partial charge is 0.329 e. The van der Waals surface area contributed by atoms with Crippen molar-refractivity contribution >= 4 is 17.5 Å². The Bertz CT molecular complexity index is 595. The monoisotopic (exact) mass is 263 g/mol. The minimum Gasteiger partial charge on any atom is -0.368 e. The molecule has 0 saturated heterocycles. The normalized spacial score (nSPS) is 10.4. The van der Waals surface area contributed by atoms with Gasteiger partial charge in [0.25, 0.3) is 0 Å². The molecule has 2 rings (SSSR count). The van der Waals surface area contributed by atoms with Gasteiger partial charge in [0.1, 0.15) is 6.20 Å². The van der Waals surface area contributed by atoms with Gasteiger partial charge in [-0.15, -0.1) is 0 Å². The summed E-state index contributed by atoms with van der Waals surface area (Å²) >= 11 is 0. The maximum atomic E-state index is 10.8. The van der Waals surface area contributed by atoms with Crippen molar-refractivity contribution in [1.82, 2.24) is 19.7 Å². The molecule has 9 heteroatoms. The molecule has 2 heterocycles. The van der Waals surface area contributed by atoms with Crippen molar-refractivity contribution in [2.45, 2.75) is 6.42 Å². The third kappa shape index (κ3) is 2.94. The van der Waals surface area contributed by atoms with Crippen molar-refractivity contribution in [2.75, 3.05) is 17.6 Å². The van der Waals surface area contributed by atoms with E-state index in [4.69, 9.17) is 5.73 Å². The second-order valence-corrected chi connectivity index (χ2v) is 3.84. The van der Waals surface area contributed by atoms with Gasteiger partial charge in [0.2, 0.25) is 11.8 Å². The molecule has 0 atom stereocenters. The third-order valence-corrected chi connectivity index (χ3v) is 2.58. The fourth-order valence-corrected chi connectivity index (χ4v) is 1.61. The molecule has 2 aromatic rings. The van der Waals surface area contributed by atoms with Gasteiger partial charge in [-0.05, 0) is 6.07 Å². The molecule has 0 fully saturated rings. The predicted molar refractivity (Wildman–Crippen MR) is 68.5 cm³/mol. The molecule has 19 heavy (non-hydrogen) atoms. The van der Waals surface area contributed by atoms with Crippen LogP contribution in [0.4, 0.5) is 17.5 Å². The Morgan fingerprint density at radius 1 is 1.58 bits per heavy atom. The fourth-order valence-electron chi connectivity index (χ4n) is 1.61. The number of nitrogens with one attached hydrogen (secondary N) is 1. The molecule has 3 N–H and O–H groups in total. The van der Waals surface area contributed by atoms with Gasteiger partial charge in [0.05, 0.1) is 4.92 Å². The second kappa shape index (κ2) is 5.29. The van der Waals surface area contributed by atoms with Crippen LogP contribution in [0.25, 0.3) is 0 Å². The molecule has 0 saturated carbocycles. The molecule has 9 nitrogen and oxygen atoms in total. The Hall–Kier alpha value is -2.71. The summed E-state index contributed by atoms with van der Waals surface area (Å²) in [5.41, 5.74) is 6.24. The van der Waals surface area contributed by atoms with Gasteiger partial charge in [-0.1, -0.05) is 0 Å². The summed E-state index contributed by atoms with van der Waals surface area (Å²) in [6.45, 7) is 0.483. The van der Waals surface area contributed by atoms with Gasteiger partial charge in [-0.2, -0.15) is 10.1 Å². The Labute approximate surface area is 108 Å². The van der Waals surface area contributed by atoms with E-state index in [1.807, 2.05) is 13.1 Å². The van der Waals surface area contributed by atoms with Gasteiger partial charge in [-0.25, -0.2) is 4.98 Å². The zero-order valence-electron chi connectivity index (χ0n) is 10.3. The van der Waals surface area contributed by atoms with Crippen molar-refractivity contribution in [2.24, 2.45) is 7.05 Å². The molecule has 0 aliphatic rings. The van der Waals surface area contributed by atoms with Gasteiger partial charge in [-0.3, -0.25) is 14.8 Å². The lowest BCUT2D eigenvalue weighted by Gasteiger charge is -2.06. The van der Waals surface area contributed by atoms with Crippen molar-refractivity contribution in [3.63, 3.8) is 0 Å². The molecule has 0 amide bonds. The van der Waals surface area contributed by atoms with Crippen LogP contribution in [-0.4, -0.2) is 31.2 Å². The molecule has 0 unspecified atom stereocenters. The lowest BCUT2D eigenvalue weighted by atomic mass is 10.3. The summed E-state index contributed by atoms with van der Waals surface area (Å²) in [6, 6.07) is 1.88. The number of nitrogen functional groups attached to an aromatic ring is 1. The highest BCUT2D eigenvalue weighted by atomic mass is 16.6. The number of nitrogens with zero attached hydrogens (tertiary/aromatic N) is 5. The Morgan fingerprint density at radius 3 is 3.00 bits per heavy atom. The molecule has 0 aliphatic heterocycles. The summed E-state index contributed by atoms with van der Waals surface area (Å²) in [5.74, 6) is 0.119. The SMILES string of the molecule is Cn1nccc1CCNc1nc(N)ncc1[N+](=O)[O-]. The third-order valence-electron chi connectivity index (χ3n) is 2.58. The van der Waals surface area contributed by atoms with Crippen LogP contribution in [-0.2, 0) is 13.5 Å². The molecule has 0 spiro atoms. The van der Waals surface area contributed by atoms with Crippen LogP contribution >= 0.6 is 0 Å². The minimum atomic E-state index is -0.550. The first-order valence-electron chi connectivity index (χ1n) is 5.55. The predicted octanol–water partition coefficient (Wildman–Crippen LogP) is 0.355. The number of anilines is 2. The number of nitrogens with two attached hydrogens (primary N) is 1. The van der Waals surface area contributed by atoms with Crippen LogP contribution in [0.15, 0.2) is 18.5 Å². The van der Waals surface area contributed by atoms with E-state index in [2.05, 4.69) is 20.4 Å². The van der Waals surface area contributed by atoms with Crippen molar-refractivity contribution < 1.29 is 4.92 Å². The van der Waals surface area contributed by atoms with E-state index in [0.717, 1.165) is 11.9 Å². The summed E-state index contributed by atoms with van der Waals surface area (Å²) in [6.07, 6.45) is 3.45. The highest BCUT2D eigenvalue weighted by Crippen LogP contribution is 2.20. The first kappa shape index (κ1) is 12.7. The first-order valence-corrected chi connectivity index (χ1v) is 5.55. The zero-order chi connectivity index (χ0) is 13.8. The lowest BCUT2D eigenvalue weighted by molar-refractivity contribution is -0.384. The molecule has 0 radical (unpaired) electrons. The Morgan fingerprint density at radius 2 is 2.37 bits per heavy atom. The van der Waals surface area contributed by atoms with Gasteiger partial charge in [0.15, 0.2) is 0 Å². The van der Waals surface area contributed by atoms with E-state index in [1.54, 1.807) is 10.9 Å². The molecular weight excluding hydrogens is 250 g/mol. The second-order valence-electron chi connectivity index (χ2n) is 3.84. The number of hydrogen-bond acceptors (Lipinski definition) is 7. The standard InChI is InChI=1S/C10H13N7O2/c1-16-7(3-5-14-16)2-4-12-9-8(17(18)19)6-13-10(11)15-9/h3,5-6H,2,4H2,1H3,(H3,11,12,13,15). The Kier molecular flexibility index (Phi) is 3.55. The van der Waals surface area contributed by atoms with Crippen LogP contribution in [0.3, 0.4) is 0 Å². The lowest BCUT2D eigenvalue weighted by Crippen LogP contribution is -2.12. The quantitative estimate of drug-likeness (QED) is 0.589. The number of hydrogen-bond donors (Lipinski definition) is 2. The van der Waals surface area contributed by atoms with Gasteiger partial charge in [0, 0.05) is 31.9 Å². The highest BCUT2D eigenvalue weighted by molar-refractivity contribution is 5.56. The average Bonchev–Trinajstić information content (AvgIpc) is 2.75. The Balaban J connectivity index is 2.05. The van der Waals surface area contributed by atoms with Crippen LogP contribution in [0.2, 0.25) is 0 Å². The van der Waals surface area contributed by atoms with Crippen molar-refractivity contribution in [3.05, 3.63) is 34.3 Å². The first-order chi connectivity index (χ1) is 9.08. The number of nitro groups is 1. The maximum absolute atomic E-state index is 10.8. The van der Waals surface area contributed by atoms with Crippen LogP contribution in [0.1, 0.15) is 5.69 Å². The molecule has 100 valence electrons. The fraction of sp³-hybridized carbons (Fsp3) is 0.300. The van der Waals surface area contributed by atoms with Crippen LogP contribution in [0, 0.1) is 10.1 Å². The van der Waals surface area contributed by atoms with E-state index < -0.39 is 4.92 Å². The molecule has 2 aromatic heterocycles. The summed E-state index contributed by atoms with van der Waals surface area (Å²) in [5, 5.41) is 17.7. The molecule has 0 aliphatic carbocycles.